The third-order valence-electron chi connectivity index (χ3n) is 4.66. The van der Waals surface area contributed by atoms with Gasteiger partial charge >= 0.3 is 6.03 Å². The molecule has 1 heterocycles. The lowest BCUT2D eigenvalue weighted by atomic mass is 10.2. The van der Waals surface area contributed by atoms with Gasteiger partial charge in [0, 0.05) is 39.3 Å². The standard InChI is InChI=1S/C16H30N4O3/c1-13(12-23-2)17-16(22)18-15(21)11-19-7-9-20(10-8-19)14-5-3-4-6-14/h13-14H,3-12H2,1-2H3,(H2,17,18,21,22). The Morgan fingerprint density at radius 3 is 2.43 bits per heavy atom. The monoisotopic (exact) mass is 326 g/mol. The quantitative estimate of drug-likeness (QED) is 0.739. The van der Waals surface area contributed by atoms with Gasteiger partial charge in [0.25, 0.3) is 0 Å². The minimum atomic E-state index is -0.454. The number of carbonyl (C=O) groups is 2. The third kappa shape index (κ3) is 6.08. The van der Waals surface area contributed by atoms with Gasteiger partial charge in [-0.3, -0.25) is 19.9 Å². The minimum Gasteiger partial charge on any atom is -0.383 e. The maximum Gasteiger partial charge on any atom is 0.321 e. The lowest BCUT2D eigenvalue weighted by molar-refractivity contribution is -0.121. The van der Waals surface area contributed by atoms with Crippen LogP contribution in [0.3, 0.4) is 0 Å². The molecule has 2 rings (SSSR count). The second-order valence-electron chi connectivity index (χ2n) is 6.63. The summed E-state index contributed by atoms with van der Waals surface area (Å²) in [5.41, 5.74) is 0. The Balaban J connectivity index is 1.63. The van der Waals surface area contributed by atoms with Gasteiger partial charge < -0.3 is 10.1 Å². The Bertz CT molecular complexity index is 391. The van der Waals surface area contributed by atoms with Gasteiger partial charge in [0.15, 0.2) is 0 Å². The summed E-state index contributed by atoms with van der Waals surface area (Å²) >= 11 is 0. The maximum atomic E-state index is 11.9. The van der Waals surface area contributed by atoms with E-state index in [2.05, 4.69) is 20.4 Å². The summed E-state index contributed by atoms with van der Waals surface area (Å²) in [7, 11) is 1.58. The van der Waals surface area contributed by atoms with Crippen LogP contribution in [-0.4, -0.2) is 80.3 Å². The normalized spacial score (nSPS) is 22.0. The zero-order valence-electron chi connectivity index (χ0n) is 14.3. The second kappa shape index (κ2) is 9.20. The molecule has 0 aromatic heterocycles. The van der Waals surface area contributed by atoms with E-state index in [1.165, 1.54) is 25.7 Å². The average molecular weight is 326 g/mol. The summed E-state index contributed by atoms with van der Waals surface area (Å²) in [4.78, 5) is 28.3. The molecule has 0 spiro atoms. The highest BCUT2D eigenvalue weighted by Crippen LogP contribution is 2.24. The molecule has 7 heteroatoms. The van der Waals surface area contributed by atoms with Crippen LogP contribution in [0.25, 0.3) is 0 Å². The average Bonchev–Trinajstić information content (AvgIpc) is 3.02. The molecule has 1 atom stereocenters. The molecule has 1 aliphatic heterocycles. The van der Waals surface area contributed by atoms with Crippen molar-refractivity contribution in [3.8, 4) is 0 Å². The van der Waals surface area contributed by atoms with E-state index in [0.29, 0.717) is 6.61 Å². The highest BCUT2D eigenvalue weighted by molar-refractivity contribution is 5.95. The molecule has 1 saturated carbocycles. The van der Waals surface area contributed by atoms with Crippen LogP contribution in [0.15, 0.2) is 0 Å². The van der Waals surface area contributed by atoms with E-state index < -0.39 is 6.03 Å². The number of urea groups is 1. The van der Waals surface area contributed by atoms with E-state index in [-0.39, 0.29) is 18.5 Å². The fraction of sp³-hybridized carbons (Fsp3) is 0.875. The number of carbonyl (C=O) groups excluding carboxylic acids is 2. The van der Waals surface area contributed by atoms with Crippen LogP contribution in [-0.2, 0) is 9.53 Å². The van der Waals surface area contributed by atoms with E-state index in [1.807, 2.05) is 6.92 Å². The number of amides is 3. The Morgan fingerprint density at radius 1 is 1.17 bits per heavy atom. The van der Waals surface area contributed by atoms with Crippen molar-refractivity contribution in [3.05, 3.63) is 0 Å². The molecule has 2 fully saturated rings. The van der Waals surface area contributed by atoms with E-state index in [1.54, 1.807) is 7.11 Å². The molecule has 2 N–H and O–H groups in total. The van der Waals surface area contributed by atoms with Crippen LogP contribution in [0.2, 0.25) is 0 Å². The van der Waals surface area contributed by atoms with E-state index >= 15 is 0 Å². The second-order valence-corrected chi connectivity index (χ2v) is 6.63. The predicted molar refractivity (Wildman–Crippen MR) is 88.3 cm³/mol. The minimum absolute atomic E-state index is 0.122. The number of nitrogens with one attached hydrogen (secondary N) is 2. The highest BCUT2D eigenvalue weighted by atomic mass is 16.5. The first-order chi connectivity index (χ1) is 11.1. The molecule has 1 saturated heterocycles. The van der Waals surface area contributed by atoms with Crippen molar-refractivity contribution in [2.75, 3.05) is 46.4 Å². The van der Waals surface area contributed by atoms with Gasteiger partial charge in [-0.25, -0.2) is 4.79 Å². The van der Waals surface area contributed by atoms with Crippen LogP contribution in [0, 0.1) is 0 Å². The summed E-state index contributed by atoms with van der Waals surface area (Å²) in [6.45, 7) is 6.37. The molecule has 2 aliphatic rings. The molecule has 3 amide bonds. The van der Waals surface area contributed by atoms with Gasteiger partial charge in [-0.2, -0.15) is 0 Å². The smallest absolute Gasteiger partial charge is 0.321 e. The van der Waals surface area contributed by atoms with Gasteiger partial charge in [-0.1, -0.05) is 12.8 Å². The van der Waals surface area contributed by atoms with Gasteiger partial charge in [-0.15, -0.1) is 0 Å². The van der Waals surface area contributed by atoms with E-state index in [9.17, 15) is 9.59 Å². The zero-order chi connectivity index (χ0) is 16.7. The number of piperazine rings is 1. The molecule has 132 valence electrons. The van der Waals surface area contributed by atoms with Gasteiger partial charge in [-0.05, 0) is 19.8 Å². The Hall–Kier alpha value is -1.18. The first-order valence-electron chi connectivity index (χ1n) is 8.64. The molecule has 23 heavy (non-hydrogen) atoms. The number of hydrogen-bond acceptors (Lipinski definition) is 5. The Kier molecular flexibility index (Phi) is 7.26. The number of rotatable bonds is 6. The number of hydrogen-bond donors (Lipinski definition) is 2. The van der Waals surface area contributed by atoms with Crippen LogP contribution in [0.4, 0.5) is 4.79 Å². The van der Waals surface area contributed by atoms with Crippen LogP contribution < -0.4 is 10.6 Å². The molecular formula is C16H30N4O3. The molecule has 0 bridgehead atoms. The molecule has 0 radical (unpaired) electrons. The SMILES string of the molecule is COCC(C)NC(=O)NC(=O)CN1CCN(C2CCCC2)CC1. The summed E-state index contributed by atoms with van der Waals surface area (Å²) in [5, 5.41) is 5.05. The first kappa shape index (κ1) is 18.2. The molecule has 1 aliphatic carbocycles. The number of nitrogens with zero attached hydrogens (tertiary/aromatic N) is 2. The summed E-state index contributed by atoms with van der Waals surface area (Å²) in [6, 6.07) is 0.172. The van der Waals surface area contributed by atoms with Crippen molar-refractivity contribution in [1.82, 2.24) is 20.4 Å². The van der Waals surface area contributed by atoms with E-state index in [4.69, 9.17) is 4.74 Å². The van der Waals surface area contributed by atoms with Gasteiger partial charge in [0.1, 0.15) is 0 Å². The van der Waals surface area contributed by atoms with Crippen LogP contribution in [0.1, 0.15) is 32.6 Å². The molecule has 0 aromatic rings. The number of ether oxygens (including phenoxy) is 1. The largest absolute Gasteiger partial charge is 0.383 e. The van der Waals surface area contributed by atoms with Gasteiger partial charge in [0.05, 0.1) is 19.2 Å². The van der Waals surface area contributed by atoms with Crippen LogP contribution in [0.5, 0.6) is 0 Å². The van der Waals surface area contributed by atoms with Crippen molar-refractivity contribution in [2.45, 2.75) is 44.7 Å². The highest BCUT2D eigenvalue weighted by Gasteiger charge is 2.26. The predicted octanol–water partition coefficient (Wildman–Crippen LogP) is 0.407. The van der Waals surface area contributed by atoms with Crippen molar-refractivity contribution in [3.63, 3.8) is 0 Å². The summed E-state index contributed by atoms with van der Waals surface area (Å²) in [6.07, 6.45) is 5.34. The Morgan fingerprint density at radius 2 is 1.83 bits per heavy atom. The topological polar surface area (TPSA) is 73.9 Å². The lowest BCUT2D eigenvalue weighted by Crippen LogP contribution is -2.53. The zero-order valence-corrected chi connectivity index (χ0v) is 14.3. The molecule has 7 nitrogen and oxygen atoms in total. The summed E-state index contributed by atoms with van der Waals surface area (Å²) < 4.78 is 4.94. The molecule has 0 aromatic carbocycles. The number of methoxy groups -OCH3 is 1. The van der Waals surface area contributed by atoms with Crippen molar-refractivity contribution in [2.24, 2.45) is 0 Å². The van der Waals surface area contributed by atoms with Gasteiger partial charge in [0.2, 0.25) is 5.91 Å². The van der Waals surface area contributed by atoms with Crippen molar-refractivity contribution >= 4 is 11.9 Å². The van der Waals surface area contributed by atoms with Crippen LogP contribution >= 0.6 is 0 Å². The number of imide groups is 1. The molecular weight excluding hydrogens is 296 g/mol. The maximum absolute atomic E-state index is 11.9. The molecule has 1 unspecified atom stereocenters. The fourth-order valence-electron chi connectivity index (χ4n) is 3.48. The lowest BCUT2D eigenvalue weighted by Gasteiger charge is -2.37. The van der Waals surface area contributed by atoms with E-state index in [0.717, 1.165) is 32.2 Å². The Labute approximate surface area is 138 Å². The first-order valence-corrected chi connectivity index (χ1v) is 8.64. The third-order valence-corrected chi connectivity index (χ3v) is 4.66. The van der Waals surface area contributed by atoms with Crippen molar-refractivity contribution < 1.29 is 14.3 Å². The van der Waals surface area contributed by atoms with Crippen molar-refractivity contribution in [1.29, 1.82) is 0 Å². The summed E-state index contributed by atoms with van der Waals surface area (Å²) in [5.74, 6) is -0.249. The fourth-order valence-corrected chi connectivity index (χ4v) is 3.48.